The summed E-state index contributed by atoms with van der Waals surface area (Å²) in [5.74, 6) is 0. The van der Waals surface area contributed by atoms with Crippen molar-refractivity contribution in [3.05, 3.63) is 24.3 Å². The highest BCUT2D eigenvalue weighted by Gasteiger charge is 2.18. The Morgan fingerprint density at radius 1 is 1.36 bits per heavy atom. The van der Waals surface area contributed by atoms with Crippen molar-refractivity contribution in [1.29, 1.82) is 0 Å². The van der Waals surface area contributed by atoms with Gasteiger partial charge in [0.2, 0.25) is 0 Å². The summed E-state index contributed by atoms with van der Waals surface area (Å²) in [4.78, 5) is 21.0. The van der Waals surface area contributed by atoms with Crippen molar-refractivity contribution in [3.8, 4) is 5.19 Å². The van der Waals surface area contributed by atoms with Crippen LogP contribution in [0.25, 0.3) is 10.2 Å². The highest BCUT2D eigenvalue weighted by atomic mass is 32.1. The molecule has 14 heavy (non-hydrogen) atoms. The van der Waals surface area contributed by atoms with E-state index in [2.05, 4.69) is 9.51 Å². The van der Waals surface area contributed by atoms with Crippen molar-refractivity contribution in [2.45, 2.75) is 0 Å². The number of benzene rings is 1. The van der Waals surface area contributed by atoms with E-state index in [1.54, 1.807) is 18.2 Å². The molecule has 7 heteroatoms. The van der Waals surface area contributed by atoms with Gasteiger partial charge >= 0.3 is 7.82 Å². The average molecular weight is 231 g/mol. The van der Waals surface area contributed by atoms with Crippen LogP contribution in [0.1, 0.15) is 0 Å². The maximum atomic E-state index is 10.5. The number of para-hydroxylation sites is 1. The van der Waals surface area contributed by atoms with Gasteiger partial charge in [-0.1, -0.05) is 23.5 Å². The van der Waals surface area contributed by atoms with Crippen molar-refractivity contribution in [3.63, 3.8) is 0 Å². The van der Waals surface area contributed by atoms with E-state index in [1.807, 2.05) is 6.07 Å². The molecule has 74 valence electrons. The molecular formula is C7H6NO4PS. The largest absolute Gasteiger partial charge is 0.526 e. The summed E-state index contributed by atoms with van der Waals surface area (Å²) in [5, 5.41) is -0.0143. The zero-order valence-electron chi connectivity index (χ0n) is 6.82. The molecule has 0 saturated heterocycles. The minimum Gasteiger partial charge on any atom is -0.376 e. The Hall–Kier alpha value is -0.940. The fourth-order valence-electron chi connectivity index (χ4n) is 0.992. The Kier molecular flexibility index (Phi) is 2.28. The second-order valence-corrected chi connectivity index (χ2v) is 4.69. The van der Waals surface area contributed by atoms with Gasteiger partial charge in [-0.25, -0.2) is 9.55 Å². The van der Waals surface area contributed by atoms with Crippen molar-refractivity contribution in [1.82, 2.24) is 4.98 Å². The average Bonchev–Trinajstić information content (AvgIpc) is 2.42. The van der Waals surface area contributed by atoms with Crippen molar-refractivity contribution < 1.29 is 18.9 Å². The molecule has 2 aromatic rings. The number of nitrogens with zero attached hydrogens (tertiary/aromatic N) is 1. The third-order valence-corrected chi connectivity index (χ3v) is 2.92. The quantitative estimate of drug-likeness (QED) is 0.770. The van der Waals surface area contributed by atoms with Crippen LogP contribution >= 0.6 is 19.2 Å². The second-order valence-electron chi connectivity index (χ2n) is 2.53. The second kappa shape index (κ2) is 3.33. The first-order valence-corrected chi connectivity index (χ1v) is 6.00. The van der Waals surface area contributed by atoms with Crippen LogP contribution in [0.15, 0.2) is 24.3 Å². The van der Waals surface area contributed by atoms with E-state index in [0.717, 1.165) is 16.0 Å². The molecule has 0 atom stereocenters. The molecule has 5 nitrogen and oxygen atoms in total. The lowest BCUT2D eigenvalue weighted by atomic mass is 10.3. The maximum Gasteiger partial charge on any atom is 0.526 e. The summed E-state index contributed by atoms with van der Waals surface area (Å²) in [6, 6.07) is 7.17. The van der Waals surface area contributed by atoms with E-state index in [1.165, 1.54) is 0 Å². The molecule has 2 rings (SSSR count). The minimum absolute atomic E-state index is 0.0143. The molecule has 0 unspecified atom stereocenters. The summed E-state index contributed by atoms with van der Waals surface area (Å²) in [6.07, 6.45) is 0. The summed E-state index contributed by atoms with van der Waals surface area (Å²) in [7, 11) is -4.49. The molecule has 0 aliphatic heterocycles. The molecule has 2 N–H and O–H groups in total. The fraction of sp³-hybridized carbons (Fsp3) is 0. The molecule has 0 aliphatic carbocycles. The van der Waals surface area contributed by atoms with Crippen LogP contribution in [0, 0.1) is 0 Å². The van der Waals surface area contributed by atoms with Gasteiger partial charge in [-0.05, 0) is 12.1 Å². The Bertz CT molecular complexity index is 472. The summed E-state index contributed by atoms with van der Waals surface area (Å²) < 4.78 is 15.7. The van der Waals surface area contributed by atoms with Gasteiger partial charge in [0.1, 0.15) is 0 Å². The number of hydrogen-bond acceptors (Lipinski definition) is 4. The number of hydrogen-bond donors (Lipinski definition) is 2. The van der Waals surface area contributed by atoms with E-state index in [0.29, 0.717) is 5.52 Å². The molecule has 0 fully saturated rings. The molecule has 0 radical (unpaired) electrons. The lowest BCUT2D eigenvalue weighted by Gasteiger charge is -2.00. The maximum absolute atomic E-state index is 10.5. The minimum atomic E-state index is -4.49. The predicted molar refractivity (Wildman–Crippen MR) is 52.3 cm³/mol. The Balaban J connectivity index is 2.41. The molecule has 0 aliphatic rings. The first-order valence-electron chi connectivity index (χ1n) is 3.65. The van der Waals surface area contributed by atoms with Crippen LogP contribution in [0.2, 0.25) is 0 Å². The van der Waals surface area contributed by atoms with Crippen LogP contribution < -0.4 is 4.52 Å². The van der Waals surface area contributed by atoms with Crippen LogP contribution in [-0.4, -0.2) is 14.8 Å². The zero-order valence-corrected chi connectivity index (χ0v) is 8.53. The number of aromatic nitrogens is 1. The molecule has 1 aromatic carbocycles. The van der Waals surface area contributed by atoms with E-state index in [9.17, 15) is 4.57 Å². The first kappa shape index (κ1) is 9.61. The molecule has 1 heterocycles. The molecule has 1 aromatic heterocycles. The van der Waals surface area contributed by atoms with Gasteiger partial charge < -0.3 is 4.52 Å². The van der Waals surface area contributed by atoms with E-state index in [4.69, 9.17) is 9.79 Å². The van der Waals surface area contributed by atoms with E-state index in [-0.39, 0.29) is 5.19 Å². The molecule has 0 bridgehead atoms. The third-order valence-electron chi connectivity index (χ3n) is 1.47. The number of phosphoric ester groups is 1. The van der Waals surface area contributed by atoms with Gasteiger partial charge in [0.05, 0.1) is 10.2 Å². The zero-order chi connectivity index (χ0) is 10.2. The van der Waals surface area contributed by atoms with Gasteiger partial charge in [0, 0.05) is 0 Å². The lowest BCUT2D eigenvalue weighted by Crippen LogP contribution is -1.88. The Morgan fingerprint density at radius 2 is 2.07 bits per heavy atom. The Labute approximate surface area is 83.2 Å². The first-order chi connectivity index (χ1) is 6.54. The molecular weight excluding hydrogens is 225 g/mol. The van der Waals surface area contributed by atoms with E-state index < -0.39 is 7.82 Å². The van der Waals surface area contributed by atoms with Crippen LogP contribution in [-0.2, 0) is 4.57 Å². The highest BCUT2D eigenvalue weighted by Crippen LogP contribution is 2.40. The highest BCUT2D eigenvalue weighted by molar-refractivity contribution is 7.47. The predicted octanol–water partition coefficient (Wildman–Crippen LogP) is 1.77. The number of thiazole rings is 1. The number of rotatable bonds is 2. The number of fused-ring (bicyclic) bond motifs is 1. The number of phosphoric acid groups is 1. The van der Waals surface area contributed by atoms with Crippen molar-refractivity contribution in [2.24, 2.45) is 0 Å². The molecule has 0 spiro atoms. The standard InChI is InChI=1S/C7H6NO4PS/c9-13(10,11)12-7-8-5-3-1-2-4-6(5)14-7/h1-4H,(H2,9,10,11). The monoisotopic (exact) mass is 231 g/mol. The van der Waals surface area contributed by atoms with E-state index >= 15 is 0 Å². The topological polar surface area (TPSA) is 79.7 Å². The van der Waals surface area contributed by atoms with Gasteiger partial charge in [-0.3, -0.25) is 9.79 Å². The van der Waals surface area contributed by atoms with Gasteiger partial charge in [-0.15, -0.1) is 0 Å². The smallest absolute Gasteiger partial charge is 0.376 e. The van der Waals surface area contributed by atoms with Gasteiger partial charge in [0.15, 0.2) is 0 Å². The van der Waals surface area contributed by atoms with Crippen LogP contribution in [0.3, 0.4) is 0 Å². The lowest BCUT2D eigenvalue weighted by molar-refractivity contribution is 0.283. The van der Waals surface area contributed by atoms with Crippen LogP contribution in [0.4, 0.5) is 0 Å². The van der Waals surface area contributed by atoms with Gasteiger partial charge in [-0.2, -0.15) is 0 Å². The molecule has 0 amide bonds. The normalized spacial score (nSPS) is 11.9. The summed E-state index contributed by atoms with van der Waals surface area (Å²) in [5.41, 5.74) is 0.668. The van der Waals surface area contributed by atoms with Crippen molar-refractivity contribution in [2.75, 3.05) is 0 Å². The Morgan fingerprint density at radius 3 is 2.71 bits per heavy atom. The summed E-state index contributed by atoms with van der Waals surface area (Å²) in [6.45, 7) is 0. The summed E-state index contributed by atoms with van der Waals surface area (Å²) >= 11 is 1.10. The molecule has 0 saturated carbocycles. The van der Waals surface area contributed by atoms with Crippen molar-refractivity contribution >= 4 is 29.4 Å². The van der Waals surface area contributed by atoms with Gasteiger partial charge in [0.25, 0.3) is 5.19 Å². The van der Waals surface area contributed by atoms with Crippen LogP contribution in [0.5, 0.6) is 5.19 Å². The third kappa shape index (κ3) is 2.10. The fourth-order valence-corrected chi connectivity index (χ4v) is 2.37. The SMILES string of the molecule is O=P(O)(O)Oc1nc2ccccc2s1.